The largest absolute Gasteiger partial charge is 0.342 e. The highest BCUT2D eigenvalue weighted by Crippen LogP contribution is 2.26. The van der Waals surface area contributed by atoms with Gasteiger partial charge in [0, 0.05) is 12.4 Å². The van der Waals surface area contributed by atoms with Gasteiger partial charge in [-0.2, -0.15) is 0 Å². The number of aryl methyl sites for hydroxylation is 1. The first-order chi connectivity index (χ1) is 7.72. The fourth-order valence-corrected chi connectivity index (χ4v) is 1.92. The maximum Gasteiger partial charge on any atom is 0.197 e. The van der Waals surface area contributed by atoms with Crippen LogP contribution in [0.3, 0.4) is 0 Å². The molecule has 0 aliphatic carbocycles. The average molecular weight is 302 g/mol. The third kappa shape index (κ3) is 2.25. The molecule has 2 aromatic rings. The number of hydrogen-bond acceptors (Lipinski definition) is 3. The molecule has 84 valence electrons. The van der Waals surface area contributed by atoms with Crippen LogP contribution in [0.15, 0.2) is 16.9 Å². The molecular weight excluding hydrogens is 291 g/mol. The molecule has 0 saturated carbocycles. The van der Waals surface area contributed by atoms with Crippen molar-refractivity contribution < 1.29 is 0 Å². The standard InChI is InChI=1S/C10H10BrClN4/c1-2-3-6-7(11)8(12)16-10(15-6)9-13-4-5-14-9/h4-5H,2-3H2,1H3,(H,13,14). The Kier molecular flexibility index (Phi) is 3.56. The highest BCUT2D eigenvalue weighted by molar-refractivity contribution is 9.10. The van der Waals surface area contributed by atoms with Crippen molar-refractivity contribution in [2.24, 2.45) is 0 Å². The Balaban J connectivity index is 2.48. The topological polar surface area (TPSA) is 54.5 Å². The third-order valence-electron chi connectivity index (χ3n) is 2.08. The molecule has 0 bridgehead atoms. The molecule has 0 aliphatic rings. The number of nitrogens with zero attached hydrogens (tertiary/aromatic N) is 3. The predicted molar refractivity (Wildman–Crippen MR) is 66.3 cm³/mol. The van der Waals surface area contributed by atoms with E-state index in [1.54, 1.807) is 12.4 Å². The Bertz CT molecular complexity index is 484. The van der Waals surface area contributed by atoms with Crippen molar-refractivity contribution in [3.05, 3.63) is 27.7 Å². The number of H-pyrrole nitrogens is 1. The van der Waals surface area contributed by atoms with E-state index in [0.717, 1.165) is 23.0 Å². The van der Waals surface area contributed by atoms with Crippen molar-refractivity contribution in [3.8, 4) is 11.6 Å². The van der Waals surface area contributed by atoms with Gasteiger partial charge in [-0.25, -0.2) is 15.0 Å². The number of rotatable bonds is 3. The minimum Gasteiger partial charge on any atom is -0.342 e. The van der Waals surface area contributed by atoms with E-state index < -0.39 is 0 Å². The van der Waals surface area contributed by atoms with Crippen LogP contribution in [0.5, 0.6) is 0 Å². The van der Waals surface area contributed by atoms with Gasteiger partial charge in [0.15, 0.2) is 11.6 Å². The lowest BCUT2D eigenvalue weighted by atomic mass is 10.2. The smallest absolute Gasteiger partial charge is 0.197 e. The number of aromatic nitrogens is 4. The Morgan fingerprint density at radius 3 is 2.88 bits per heavy atom. The minimum absolute atomic E-state index is 0.421. The first-order valence-electron chi connectivity index (χ1n) is 4.94. The molecular formula is C10H10BrClN4. The molecule has 1 N–H and O–H groups in total. The fraction of sp³-hybridized carbons (Fsp3) is 0.300. The molecule has 0 aliphatic heterocycles. The van der Waals surface area contributed by atoms with E-state index in [4.69, 9.17) is 11.6 Å². The van der Waals surface area contributed by atoms with E-state index >= 15 is 0 Å². The lowest BCUT2D eigenvalue weighted by Gasteiger charge is -2.05. The van der Waals surface area contributed by atoms with Gasteiger partial charge in [-0.15, -0.1) is 0 Å². The van der Waals surface area contributed by atoms with Crippen LogP contribution in [-0.2, 0) is 6.42 Å². The Morgan fingerprint density at radius 2 is 2.25 bits per heavy atom. The number of imidazole rings is 1. The van der Waals surface area contributed by atoms with Gasteiger partial charge >= 0.3 is 0 Å². The quantitative estimate of drug-likeness (QED) is 0.886. The lowest BCUT2D eigenvalue weighted by molar-refractivity contribution is 0.865. The second kappa shape index (κ2) is 4.93. The zero-order valence-electron chi connectivity index (χ0n) is 8.67. The second-order valence-corrected chi connectivity index (χ2v) is 4.44. The summed E-state index contributed by atoms with van der Waals surface area (Å²) in [6, 6.07) is 0. The Morgan fingerprint density at radius 1 is 1.44 bits per heavy atom. The summed E-state index contributed by atoms with van der Waals surface area (Å²) in [5.41, 5.74) is 0.911. The monoisotopic (exact) mass is 300 g/mol. The number of aromatic amines is 1. The van der Waals surface area contributed by atoms with Crippen molar-refractivity contribution in [2.75, 3.05) is 0 Å². The van der Waals surface area contributed by atoms with E-state index in [1.165, 1.54) is 0 Å². The van der Waals surface area contributed by atoms with Crippen LogP contribution in [0.1, 0.15) is 19.0 Å². The normalized spacial score (nSPS) is 10.7. The second-order valence-electron chi connectivity index (χ2n) is 3.29. The molecule has 16 heavy (non-hydrogen) atoms. The van der Waals surface area contributed by atoms with Crippen molar-refractivity contribution in [1.82, 2.24) is 19.9 Å². The molecule has 0 atom stereocenters. The molecule has 0 amide bonds. The average Bonchev–Trinajstić information content (AvgIpc) is 2.78. The fourth-order valence-electron chi connectivity index (χ4n) is 1.36. The first-order valence-corrected chi connectivity index (χ1v) is 6.11. The van der Waals surface area contributed by atoms with Crippen LogP contribution >= 0.6 is 27.5 Å². The molecule has 2 aromatic heterocycles. The van der Waals surface area contributed by atoms with E-state index in [1.807, 2.05) is 0 Å². The molecule has 0 radical (unpaired) electrons. The zero-order chi connectivity index (χ0) is 11.5. The van der Waals surface area contributed by atoms with Crippen LogP contribution in [0.2, 0.25) is 5.15 Å². The molecule has 2 rings (SSSR count). The van der Waals surface area contributed by atoms with Crippen LogP contribution in [-0.4, -0.2) is 19.9 Å². The number of hydrogen-bond donors (Lipinski definition) is 1. The summed E-state index contributed by atoms with van der Waals surface area (Å²) in [6.45, 7) is 2.09. The lowest BCUT2D eigenvalue weighted by Crippen LogP contribution is -1.99. The molecule has 0 spiro atoms. The Labute approximate surface area is 107 Å². The van der Waals surface area contributed by atoms with Gasteiger partial charge in [0.25, 0.3) is 0 Å². The number of nitrogens with one attached hydrogen (secondary N) is 1. The number of halogens is 2. The maximum absolute atomic E-state index is 6.03. The molecule has 6 heteroatoms. The van der Waals surface area contributed by atoms with Gasteiger partial charge in [0.2, 0.25) is 0 Å². The summed E-state index contributed by atoms with van der Waals surface area (Å²) < 4.78 is 0.770. The molecule has 0 fully saturated rings. The van der Waals surface area contributed by atoms with Crippen molar-refractivity contribution in [2.45, 2.75) is 19.8 Å². The van der Waals surface area contributed by atoms with Gasteiger partial charge in [0.05, 0.1) is 10.2 Å². The van der Waals surface area contributed by atoms with E-state index in [2.05, 4.69) is 42.8 Å². The summed E-state index contributed by atoms with van der Waals surface area (Å²) in [5, 5.41) is 0.421. The molecule has 0 saturated heterocycles. The van der Waals surface area contributed by atoms with Crippen molar-refractivity contribution in [3.63, 3.8) is 0 Å². The zero-order valence-corrected chi connectivity index (χ0v) is 11.0. The van der Waals surface area contributed by atoms with Gasteiger partial charge in [-0.1, -0.05) is 24.9 Å². The summed E-state index contributed by atoms with van der Waals surface area (Å²) >= 11 is 9.42. The van der Waals surface area contributed by atoms with Crippen LogP contribution in [0.25, 0.3) is 11.6 Å². The molecule has 2 heterocycles. The van der Waals surface area contributed by atoms with E-state index in [9.17, 15) is 0 Å². The summed E-state index contributed by atoms with van der Waals surface area (Å²) in [5.74, 6) is 1.16. The van der Waals surface area contributed by atoms with E-state index in [0.29, 0.717) is 16.8 Å². The van der Waals surface area contributed by atoms with Crippen molar-refractivity contribution >= 4 is 27.5 Å². The van der Waals surface area contributed by atoms with Crippen molar-refractivity contribution in [1.29, 1.82) is 0 Å². The summed E-state index contributed by atoms with van der Waals surface area (Å²) in [4.78, 5) is 15.7. The summed E-state index contributed by atoms with van der Waals surface area (Å²) in [6.07, 6.45) is 5.25. The maximum atomic E-state index is 6.03. The Hall–Kier alpha value is -0.940. The summed E-state index contributed by atoms with van der Waals surface area (Å²) in [7, 11) is 0. The SMILES string of the molecule is CCCc1nc(-c2ncc[nH]2)nc(Cl)c1Br. The van der Waals surface area contributed by atoms with Gasteiger partial charge in [-0.05, 0) is 22.4 Å². The van der Waals surface area contributed by atoms with Gasteiger partial charge < -0.3 is 4.98 Å². The van der Waals surface area contributed by atoms with E-state index in [-0.39, 0.29) is 0 Å². The third-order valence-corrected chi connectivity index (χ3v) is 3.41. The van der Waals surface area contributed by atoms with Crippen LogP contribution < -0.4 is 0 Å². The molecule has 0 unspecified atom stereocenters. The van der Waals surface area contributed by atoms with Gasteiger partial charge in [-0.3, -0.25) is 0 Å². The predicted octanol–water partition coefficient (Wildman–Crippen LogP) is 3.24. The first kappa shape index (κ1) is 11.5. The highest BCUT2D eigenvalue weighted by Gasteiger charge is 2.12. The minimum atomic E-state index is 0.421. The molecule has 0 aromatic carbocycles. The van der Waals surface area contributed by atoms with Gasteiger partial charge in [0.1, 0.15) is 5.15 Å². The highest BCUT2D eigenvalue weighted by atomic mass is 79.9. The molecule has 4 nitrogen and oxygen atoms in total. The van der Waals surface area contributed by atoms with Crippen LogP contribution in [0.4, 0.5) is 0 Å². The van der Waals surface area contributed by atoms with Crippen LogP contribution in [0, 0.1) is 0 Å².